The van der Waals surface area contributed by atoms with Gasteiger partial charge in [0.1, 0.15) is 17.7 Å². The third-order valence-electron chi connectivity index (χ3n) is 6.55. The second-order valence-electron chi connectivity index (χ2n) is 10.8. The molecule has 0 saturated carbocycles. The summed E-state index contributed by atoms with van der Waals surface area (Å²) in [4.78, 5) is 42.7. The van der Waals surface area contributed by atoms with E-state index in [0.717, 1.165) is 17.5 Å². The average Bonchev–Trinajstić information content (AvgIpc) is 2.89. The summed E-state index contributed by atoms with van der Waals surface area (Å²) in [5, 5.41) is 5.85. The molecule has 3 unspecified atom stereocenters. The number of rotatable bonds is 12. The van der Waals surface area contributed by atoms with E-state index in [1.807, 2.05) is 75.6 Å². The van der Waals surface area contributed by atoms with Gasteiger partial charge in [0.15, 0.2) is 0 Å². The number of nitrogens with one attached hydrogen (secondary N) is 2. The van der Waals surface area contributed by atoms with Crippen LogP contribution in [0.25, 0.3) is 0 Å². The second kappa shape index (κ2) is 15.0. The van der Waals surface area contributed by atoms with Crippen LogP contribution in [0, 0.1) is 6.92 Å². The van der Waals surface area contributed by atoms with E-state index >= 15 is 0 Å². The number of para-hydroxylation sites is 1. The fourth-order valence-corrected chi connectivity index (χ4v) is 4.68. The number of alkyl carbamates (subject to hydrolysis) is 1. The van der Waals surface area contributed by atoms with Gasteiger partial charge in [-0.25, -0.2) is 4.79 Å². The van der Waals surface area contributed by atoms with Crippen molar-refractivity contribution in [3.8, 4) is 0 Å². The number of carbonyl (C=O) groups is 3. The lowest BCUT2D eigenvalue weighted by Gasteiger charge is -2.38. The molecule has 0 aromatic heterocycles. The first kappa shape index (κ1) is 32.2. The number of carbonyl (C=O) groups excluding carboxylic acids is 3. The van der Waals surface area contributed by atoms with Gasteiger partial charge in [0, 0.05) is 11.7 Å². The van der Waals surface area contributed by atoms with E-state index in [9.17, 15) is 14.4 Å². The highest BCUT2D eigenvalue weighted by atomic mass is 32.2. The van der Waals surface area contributed by atoms with Crippen LogP contribution in [0.1, 0.15) is 77.1 Å². The highest BCUT2D eigenvalue weighted by Gasteiger charge is 2.38. The maximum Gasteiger partial charge on any atom is 0.408 e. The van der Waals surface area contributed by atoms with Crippen molar-refractivity contribution >= 4 is 35.4 Å². The summed E-state index contributed by atoms with van der Waals surface area (Å²) in [5.41, 5.74) is 2.78. The molecule has 0 fully saturated rings. The number of aryl methyl sites for hydroxylation is 2. The number of ether oxygens (including phenoxy) is 1. The largest absolute Gasteiger partial charge is 0.444 e. The zero-order valence-corrected chi connectivity index (χ0v) is 25.5. The van der Waals surface area contributed by atoms with E-state index in [2.05, 4.69) is 17.6 Å². The van der Waals surface area contributed by atoms with Crippen LogP contribution >= 0.6 is 11.8 Å². The van der Waals surface area contributed by atoms with Crippen molar-refractivity contribution in [1.82, 2.24) is 10.2 Å². The number of thioether (sulfide) groups is 1. The van der Waals surface area contributed by atoms with Crippen molar-refractivity contribution < 1.29 is 19.1 Å². The van der Waals surface area contributed by atoms with Crippen molar-refractivity contribution in [2.45, 2.75) is 91.5 Å². The predicted molar refractivity (Wildman–Crippen MR) is 161 cm³/mol. The molecule has 2 N–H and O–H groups in total. The first-order chi connectivity index (χ1) is 18.4. The molecule has 2 aromatic rings. The Morgan fingerprint density at radius 3 is 2.21 bits per heavy atom. The first-order valence-corrected chi connectivity index (χ1v) is 15.1. The predicted octanol–water partition coefficient (Wildman–Crippen LogP) is 6.51. The monoisotopic (exact) mass is 555 g/mol. The van der Waals surface area contributed by atoms with E-state index in [1.165, 1.54) is 0 Å². The van der Waals surface area contributed by atoms with E-state index in [0.29, 0.717) is 29.8 Å². The third-order valence-corrected chi connectivity index (χ3v) is 7.20. The summed E-state index contributed by atoms with van der Waals surface area (Å²) in [7, 11) is 0. The molecule has 2 rings (SSSR count). The summed E-state index contributed by atoms with van der Waals surface area (Å²) in [6, 6.07) is 13.4. The van der Waals surface area contributed by atoms with Crippen LogP contribution in [-0.2, 0) is 20.7 Å². The highest BCUT2D eigenvalue weighted by Crippen LogP contribution is 2.29. The van der Waals surface area contributed by atoms with Gasteiger partial charge in [-0.15, -0.1) is 0 Å². The molecule has 8 heteroatoms. The minimum Gasteiger partial charge on any atom is -0.444 e. The molecule has 0 saturated heterocycles. The minimum atomic E-state index is -0.893. The molecule has 0 bridgehead atoms. The molecule has 3 amide bonds. The van der Waals surface area contributed by atoms with Gasteiger partial charge in [-0.3, -0.25) is 9.59 Å². The van der Waals surface area contributed by atoms with Crippen LogP contribution in [0.2, 0.25) is 0 Å². The SMILES string of the molecule is CCc1ccc(C(C(=O)Nc2ccccc2C)N(C(=O)C(CCSC)NC(=O)OC(C)(C)C)C(C)CC)cc1. The van der Waals surface area contributed by atoms with Crippen molar-refractivity contribution in [2.24, 2.45) is 0 Å². The molecule has 0 spiro atoms. The molecule has 39 heavy (non-hydrogen) atoms. The van der Waals surface area contributed by atoms with E-state index < -0.39 is 23.8 Å². The summed E-state index contributed by atoms with van der Waals surface area (Å²) in [5.74, 6) is 0.0445. The van der Waals surface area contributed by atoms with Crippen LogP contribution in [0.3, 0.4) is 0 Å². The number of benzene rings is 2. The first-order valence-electron chi connectivity index (χ1n) is 13.7. The number of hydrogen-bond donors (Lipinski definition) is 2. The van der Waals surface area contributed by atoms with Gasteiger partial charge in [-0.05, 0) is 88.6 Å². The number of hydrogen-bond acceptors (Lipinski definition) is 5. The molecule has 3 atom stereocenters. The number of nitrogens with zero attached hydrogens (tertiary/aromatic N) is 1. The Kier molecular flexibility index (Phi) is 12.4. The summed E-state index contributed by atoms with van der Waals surface area (Å²) >= 11 is 1.59. The topological polar surface area (TPSA) is 87.7 Å². The highest BCUT2D eigenvalue weighted by molar-refractivity contribution is 7.98. The van der Waals surface area contributed by atoms with Crippen LogP contribution in [0.4, 0.5) is 10.5 Å². The lowest BCUT2D eigenvalue weighted by atomic mass is 9.98. The smallest absolute Gasteiger partial charge is 0.408 e. The van der Waals surface area contributed by atoms with Crippen LogP contribution in [0.15, 0.2) is 48.5 Å². The van der Waals surface area contributed by atoms with Gasteiger partial charge in [0.05, 0.1) is 0 Å². The summed E-state index contributed by atoms with van der Waals surface area (Å²) in [6.45, 7) is 13.3. The number of anilines is 1. The molecule has 0 aliphatic rings. The minimum absolute atomic E-state index is 0.270. The fraction of sp³-hybridized carbons (Fsp3) is 0.516. The van der Waals surface area contributed by atoms with Gasteiger partial charge in [0.25, 0.3) is 5.91 Å². The van der Waals surface area contributed by atoms with E-state index in [1.54, 1.807) is 37.4 Å². The van der Waals surface area contributed by atoms with Gasteiger partial charge in [0.2, 0.25) is 5.91 Å². The summed E-state index contributed by atoms with van der Waals surface area (Å²) < 4.78 is 5.47. The maximum absolute atomic E-state index is 14.3. The Morgan fingerprint density at radius 2 is 1.67 bits per heavy atom. The van der Waals surface area contributed by atoms with Gasteiger partial charge in [-0.1, -0.05) is 56.3 Å². The molecule has 0 aliphatic carbocycles. The molecule has 2 aromatic carbocycles. The molecule has 0 aliphatic heterocycles. The van der Waals surface area contributed by atoms with Gasteiger partial charge >= 0.3 is 6.09 Å². The molecular weight excluding hydrogens is 510 g/mol. The number of amides is 3. The van der Waals surface area contributed by atoms with Gasteiger partial charge in [-0.2, -0.15) is 11.8 Å². The third kappa shape index (κ3) is 9.60. The molecular formula is C31H45N3O4S. The van der Waals surface area contributed by atoms with Crippen LogP contribution in [0.5, 0.6) is 0 Å². The Morgan fingerprint density at radius 1 is 1.03 bits per heavy atom. The second-order valence-corrected chi connectivity index (χ2v) is 11.8. The molecule has 0 radical (unpaired) electrons. The maximum atomic E-state index is 14.3. The van der Waals surface area contributed by atoms with Crippen molar-refractivity contribution in [3.63, 3.8) is 0 Å². The molecule has 0 heterocycles. The van der Waals surface area contributed by atoms with Crippen molar-refractivity contribution in [2.75, 3.05) is 17.3 Å². The molecule has 214 valence electrons. The fourth-order valence-electron chi connectivity index (χ4n) is 4.21. The Balaban J connectivity index is 2.56. The lowest BCUT2D eigenvalue weighted by molar-refractivity contribution is -0.143. The Hall–Kier alpha value is -3.00. The zero-order chi connectivity index (χ0) is 29.2. The van der Waals surface area contributed by atoms with Crippen LogP contribution < -0.4 is 10.6 Å². The van der Waals surface area contributed by atoms with E-state index in [4.69, 9.17) is 4.74 Å². The Labute approximate surface area is 238 Å². The lowest BCUT2D eigenvalue weighted by Crippen LogP contribution is -2.55. The van der Waals surface area contributed by atoms with Crippen molar-refractivity contribution in [1.29, 1.82) is 0 Å². The van der Waals surface area contributed by atoms with Crippen LogP contribution in [-0.4, -0.2) is 52.5 Å². The molecule has 7 nitrogen and oxygen atoms in total. The quantitative estimate of drug-likeness (QED) is 0.312. The van der Waals surface area contributed by atoms with Crippen molar-refractivity contribution in [3.05, 3.63) is 65.2 Å². The van der Waals surface area contributed by atoms with Gasteiger partial charge < -0.3 is 20.3 Å². The standard InChI is InChI=1S/C31H45N3O4S/c1-9-22(4)34(29(36)26(19-20-39-8)33-30(37)38-31(5,6)7)27(24-17-15-23(10-2)16-18-24)28(35)32-25-14-12-11-13-21(25)3/h11-18,22,26-27H,9-10,19-20H2,1-8H3,(H,32,35)(H,33,37). The summed E-state index contributed by atoms with van der Waals surface area (Å²) in [6.07, 6.45) is 3.21. The normalized spacial score (nSPS) is 13.6. The average molecular weight is 556 g/mol. The Bertz CT molecular complexity index is 1100. The van der Waals surface area contributed by atoms with E-state index in [-0.39, 0.29) is 17.9 Å². The zero-order valence-electron chi connectivity index (χ0n) is 24.7.